The number of hydrogen-bond acceptors (Lipinski definition) is 3. The van der Waals surface area contributed by atoms with Crippen LogP contribution in [-0.4, -0.2) is 30.7 Å². The molecule has 1 unspecified atom stereocenters. The SMILES string of the molecule is CCC(C)(N)C(=O)NCC(C)(C)OC. The number of ether oxygens (including phenoxy) is 1. The van der Waals surface area contributed by atoms with Crippen LogP contribution in [0, 0.1) is 0 Å². The number of carbonyl (C=O) groups excluding carboxylic acids is 1. The molecule has 0 aromatic carbocycles. The van der Waals surface area contributed by atoms with Crippen LogP contribution in [0.15, 0.2) is 0 Å². The smallest absolute Gasteiger partial charge is 0.239 e. The first kappa shape index (κ1) is 13.4. The molecule has 4 heteroatoms. The molecule has 3 N–H and O–H groups in total. The molecule has 0 rings (SSSR count). The summed E-state index contributed by atoms with van der Waals surface area (Å²) < 4.78 is 5.18. The van der Waals surface area contributed by atoms with E-state index in [9.17, 15) is 4.79 Å². The normalized spacial score (nSPS) is 16.1. The van der Waals surface area contributed by atoms with Crippen molar-refractivity contribution in [3.63, 3.8) is 0 Å². The zero-order valence-corrected chi connectivity index (χ0v) is 9.81. The first-order chi connectivity index (χ1) is 6.25. The van der Waals surface area contributed by atoms with Crippen LogP contribution in [0.3, 0.4) is 0 Å². The highest BCUT2D eigenvalue weighted by Gasteiger charge is 2.27. The Bertz CT molecular complexity index is 200. The van der Waals surface area contributed by atoms with Gasteiger partial charge in [-0.3, -0.25) is 4.79 Å². The zero-order chi connectivity index (χ0) is 11.4. The van der Waals surface area contributed by atoms with E-state index in [1.165, 1.54) is 0 Å². The molecule has 1 amide bonds. The van der Waals surface area contributed by atoms with E-state index in [0.29, 0.717) is 13.0 Å². The Hall–Kier alpha value is -0.610. The monoisotopic (exact) mass is 202 g/mol. The third kappa shape index (κ3) is 4.07. The molecule has 1 atom stereocenters. The topological polar surface area (TPSA) is 64.4 Å². The van der Waals surface area contributed by atoms with Crippen LogP contribution in [0.1, 0.15) is 34.1 Å². The summed E-state index contributed by atoms with van der Waals surface area (Å²) in [7, 11) is 1.62. The fraction of sp³-hybridized carbons (Fsp3) is 0.900. The molecule has 0 aliphatic heterocycles. The number of nitrogens with one attached hydrogen (secondary N) is 1. The number of carbonyl (C=O) groups is 1. The molecular formula is C10H22N2O2. The Morgan fingerprint density at radius 1 is 1.43 bits per heavy atom. The van der Waals surface area contributed by atoms with Crippen molar-refractivity contribution in [3.8, 4) is 0 Å². The molecule has 0 radical (unpaired) electrons. The number of hydrogen-bond donors (Lipinski definition) is 2. The molecule has 0 bridgehead atoms. The second-order valence-electron chi connectivity index (χ2n) is 4.42. The third-order valence-corrected chi connectivity index (χ3v) is 2.48. The van der Waals surface area contributed by atoms with Crippen molar-refractivity contribution in [2.75, 3.05) is 13.7 Å². The van der Waals surface area contributed by atoms with Gasteiger partial charge < -0.3 is 15.8 Å². The molecule has 0 heterocycles. The average molecular weight is 202 g/mol. The zero-order valence-electron chi connectivity index (χ0n) is 9.81. The largest absolute Gasteiger partial charge is 0.377 e. The first-order valence-electron chi connectivity index (χ1n) is 4.87. The van der Waals surface area contributed by atoms with Crippen molar-refractivity contribution in [2.24, 2.45) is 5.73 Å². The summed E-state index contributed by atoms with van der Waals surface area (Å²) in [6, 6.07) is 0. The third-order valence-electron chi connectivity index (χ3n) is 2.48. The molecule has 0 aliphatic carbocycles. The highest BCUT2D eigenvalue weighted by Crippen LogP contribution is 2.08. The van der Waals surface area contributed by atoms with Gasteiger partial charge in [0.2, 0.25) is 5.91 Å². The summed E-state index contributed by atoms with van der Waals surface area (Å²) in [5, 5.41) is 2.78. The van der Waals surface area contributed by atoms with E-state index in [-0.39, 0.29) is 11.5 Å². The van der Waals surface area contributed by atoms with Gasteiger partial charge in [0.25, 0.3) is 0 Å². The van der Waals surface area contributed by atoms with Gasteiger partial charge in [-0.15, -0.1) is 0 Å². The molecule has 0 spiro atoms. The number of amides is 1. The van der Waals surface area contributed by atoms with E-state index in [1.807, 2.05) is 20.8 Å². The Balaban J connectivity index is 4.10. The maximum Gasteiger partial charge on any atom is 0.239 e. The lowest BCUT2D eigenvalue weighted by atomic mass is 9.99. The molecule has 84 valence electrons. The molecule has 0 aliphatic rings. The van der Waals surface area contributed by atoms with Crippen molar-refractivity contribution in [3.05, 3.63) is 0 Å². The minimum absolute atomic E-state index is 0.134. The van der Waals surface area contributed by atoms with E-state index < -0.39 is 5.54 Å². The summed E-state index contributed by atoms with van der Waals surface area (Å²) in [6.45, 7) is 7.90. The van der Waals surface area contributed by atoms with Crippen molar-refractivity contribution in [1.82, 2.24) is 5.32 Å². The predicted octanol–water partition coefficient (Wildman–Crippen LogP) is 0.655. The van der Waals surface area contributed by atoms with Crippen LogP contribution in [0.4, 0.5) is 0 Å². The van der Waals surface area contributed by atoms with Gasteiger partial charge in [-0.25, -0.2) is 0 Å². The van der Waals surface area contributed by atoms with Gasteiger partial charge >= 0.3 is 0 Å². The van der Waals surface area contributed by atoms with Gasteiger partial charge in [0.1, 0.15) is 0 Å². The number of rotatable bonds is 5. The Kier molecular flexibility index (Phi) is 4.55. The highest BCUT2D eigenvalue weighted by molar-refractivity contribution is 5.85. The number of methoxy groups -OCH3 is 1. The van der Waals surface area contributed by atoms with Gasteiger partial charge in [-0.05, 0) is 27.2 Å². The van der Waals surface area contributed by atoms with Crippen LogP contribution in [-0.2, 0) is 9.53 Å². The molecule has 0 saturated carbocycles. The van der Waals surface area contributed by atoms with Crippen LogP contribution < -0.4 is 11.1 Å². The molecule has 0 aromatic heterocycles. The summed E-state index contributed by atoms with van der Waals surface area (Å²) in [6.07, 6.45) is 0.617. The minimum Gasteiger partial charge on any atom is -0.377 e. The highest BCUT2D eigenvalue weighted by atomic mass is 16.5. The standard InChI is InChI=1S/C10H22N2O2/c1-6-10(4,11)8(13)12-7-9(2,3)14-5/h6-7,11H2,1-5H3,(H,12,13). The van der Waals surface area contributed by atoms with Crippen molar-refractivity contribution in [1.29, 1.82) is 0 Å². The van der Waals surface area contributed by atoms with Gasteiger partial charge in [0.15, 0.2) is 0 Å². The predicted molar refractivity (Wildman–Crippen MR) is 57.0 cm³/mol. The Morgan fingerprint density at radius 3 is 2.29 bits per heavy atom. The van der Waals surface area contributed by atoms with Crippen LogP contribution in [0.5, 0.6) is 0 Å². The molecular weight excluding hydrogens is 180 g/mol. The first-order valence-corrected chi connectivity index (χ1v) is 4.87. The molecule has 0 aromatic rings. The van der Waals surface area contributed by atoms with E-state index in [0.717, 1.165) is 0 Å². The van der Waals surface area contributed by atoms with Crippen molar-refractivity contribution < 1.29 is 9.53 Å². The summed E-state index contributed by atoms with van der Waals surface area (Å²) in [5.74, 6) is -0.134. The summed E-state index contributed by atoms with van der Waals surface area (Å²) in [4.78, 5) is 11.6. The fourth-order valence-electron chi connectivity index (χ4n) is 0.728. The van der Waals surface area contributed by atoms with Crippen LogP contribution in [0.2, 0.25) is 0 Å². The van der Waals surface area contributed by atoms with Gasteiger partial charge in [0, 0.05) is 13.7 Å². The summed E-state index contributed by atoms with van der Waals surface area (Å²) >= 11 is 0. The van der Waals surface area contributed by atoms with Crippen LogP contribution >= 0.6 is 0 Å². The van der Waals surface area contributed by atoms with Gasteiger partial charge in [-0.2, -0.15) is 0 Å². The second kappa shape index (κ2) is 4.75. The maximum absolute atomic E-state index is 11.6. The minimum atomic E-state index is -0.788. The average Bonchev–Trinajstić information content (AvgIpc) is 2.14. The number of nitrogens with two attached hydrogens (primary N) is 1. The molecule has 0 saturated heterocycles. The molecule has 14 heavy (non-hydrogen) atoms. The lowest BCUT2D eigenvalue weighted by Gasteiger charge is -2.27. The van der Waals surface area contributed by atoms with E-state index in [2.05, 4.69) is 5.32 Å². The van der Waals surface area contributed by atoms with E-state index in [1.54, 1.807) is 14.0 Å². The lowest BCUT2D eigenvalue weighted by molar-refractivity contribution is -0.127. The van der Waals surface area contributed by atoms with Crippen molar-refractivity contribution in [2.45, 2.75) is 45.3 Å². The van der Waals surface area contributed by atoms with Crippen LogP contribution in [0.25, 0.3) is 0 Å². The Labute approximate surface area is 86.2 Å². The second-order valence-corrected chi connectivity index (χ2v) is 4.42. The quantitative estimate of drug-likeness (QED) is 0.688. The van der Waals surface area contributed by atoms with E-state index >= 15 is 0 Å². The van der Waals surface area contributed by atoms with E-state index in [4.69, 9.17) is 10.5 Å². The molecule has 0 fully saturated rings. The maximum atomic E-state index is 11.6. The van der Waals surface area contributed by atoms with Gasteiger partial charge in [-0.1, -0.05) is 6.92 Å². The molecule has 4 nitrogen and oxygen atoms in total. The fourth-order valence-corrected chi connectivity index (χ4v) is 0.728. The lowest BCUT2D eigenvalue weighted by Crippen LogP contribution is -2.53. The summed E-state index contributed by atoms with van der Waals surface area (Å²) in [5.41, 5.74) is 4.64. The Morgan fingerprint density at radius 2 is 1.93 bits per heavy atom. The van der Waals surface area contributed by atoms with Crippen molar-refractivity contribution >= 4 is 5.91 Å². The van der Waals surface area contributed by atoms with Gasteiger partial charge in [0.05, 0.1) is 11.1 Å².